The number of hydrogen-bond donors (Lipinski definition) is 1. The first-order valence-electron chi connectivity index (χ1n) is 9.04. The predicted molar refractivity (Wildman–Crippen MR) is 104 cm³/mol. The van der Waals surface area contributed by atoms with Gasteiger partial charge in [-0.05, 0) is 43.3 Å². The van der Waals surface area contributed by atoms with Gasteiger partial charge in [-0.2, -0.15) is 5.11 Å². The normalized spacial score (nSPS) is 20.2. The van der Waals surface area contributed by atoms with Crippen LogP contribution in [0.5, 0.6) is 5.75 Å². The van der Waals surface area contributed by atoms with E-state index in [2.05, 4.69) is 15.7 Å². The van der Waals surface area contributed by atoms with Crippen molar-refractivity contribution in [2.24, 2.45) is 10.3 Å². The van der Waals surface area contributed by atoms with E-state index < -0.39 is 23.9 Å². The molecule has 148 valence electrons. The first-order chi connectivity index (χ1) is 14.0. The zero-order chi connectivity index (χ0) is 20.5. The Hall–Kier alpha value is -3.75. The van der Waals surface area contributed by atoms with Crippen LogP contribution in [0, 0.1) is 6.92 Å². The molecule has 1 saturated heterocycles. The van der Waals surface area contributed by atoms with Gasteiger partial charge in [0, 0.05) is 5.69 Å². The minimum absolute atomic E-state index is 0.186. The van der Waals surface area contributed by atoms with Crippen molar-refractivity contribution < 1.29 is 19.1 Å². The molecular weight excluding hydrogens is 374 g/mol. The lowest BCUT2D eigenvalue weighted by Crippen LogP contribution is -2.43. The Balaban J connectivity index is 1.47. The van der Waals surface area contributed by atoms with Crippen molar-refractivity contribution in [3.8, 4) is 5.75 Å². The SMILES string of the molecule is COc1ccc(N2C(=O)[C@H]3N=NN(CC(=O)Nc4ccc(C)cc4)[C@H]3C2=O)cc1. The highest BCUT2D eigenvalue weighted by Crippen LogP contribution is 2.32. The van der Waals surface area contributed by atoms with E-state index in [0.717, 1.165) is 10.5 Å². The summed E-state index contributed by atoms with van der Waals surface area (Å²) in [5, 5.41) is 11.8. The van der Waals surface area contributed by atoms with E-state index in [4.69, 9.17) is 4.74 Å². The van der Waals surface area contributed by atoms with Gasteiger partial charge in [0.2, 0.25) is 5.91 Å². The average molecular weight is 393 g/mol. The largest absolute Gasteiger partial charge is 0.497 e. The molecule has 0 saturated carbocycles. The summed E-state index contributed by atoms with van der Waals surface area (Å²) in [5.74, 6) is -0.660. The number of ether oxygens (including phenoxy) is 1. The second-order valence-electron chi connectivity index (χ2n) is 6.82. The summed E-state index contributed by atoms with van der Waals surface area (Å²) in [5.41, 5.74) is 2.14. The van der Waals surface area contributed by atoms with Gasteiger partial charge >= 0.3 is 0 Å². The Bertz CT molecular complexity index is 987. The van der Waals surface area contributed by atoms with Crippen LogP contribution >= 0.6 is 0 Å². The summed E-state index contributed by atoms with van der Waals surface area (Å²) >= 11 is 0. The molecular formula is C20H19N5O4. The quantitative estimate of drug-likeness (QED) is 0.782. The van der Waals surface area contributed by atoms with E-state index in [1.807, 2.05) is 19.1 Å². The van der Waals surface area contributed by atoms with Crippen molar-refractivity contribution in [1.82, 2.24) is 5.01 Å². The number of rotatable bonds is 5. The fourth-order valence-corrected chi connectivity index (χ4v) is 3.32. The Kier molecular flexibility index (Phi) is 4.71. The maximum absolute atomic E-state index is 12.9. The highest BCUT2D eigenvalue weighted by atomic mass is 16.5. The number of carbonyl (C=O) groups is 3. The third kappa shape index (κ3) is 3.42. The molecule has 2 heterocycles. The van der Waals surface area contributed by atoms with Crippen molar-refractivity contribution in [1.29, 1.82) is 0 Å². The average Bonchev–Trinajstić information content (AvgIpc) is 3.23. The minimum Gasteiger partial charge on any atom is -0.497 e. The maximum Gasteiger partial charge on any atom is 0.263 e. The first-order valence-corrected chi connectivity index (χ1v) is 9.04. The highest BCUT2D eigenvalue weighted by molar-refractivity contribution is 6.25. The van der Waals surface area contributed by atoms with Crippen LogP contribution in [0.2, 0.25) is 0 Å². The molecule has 29 heavy (non-hydrogen) atoms. The van der Waals surface area contributed by atoms with Crippen molar-refractivity contribution in [2.75, 3.05) is 23.9 Å². The molecule has 2 aliphatic rings. The smallest absolute Gasteiger partial charge is 0.263 e. The minimum atomic E-state index is -0.947. The third-order valence-corrected chi connectivity index (χ3v) is 4.83. The van der Waals surface area contributed by atoms with Gasteiger partial charge in [0.1, 0.15) is 12.3 Å². The van der Waals surface area contributed by atoms with Crippen molar-refractivity contribution in [3.05, 3.63) is 54.1 Å². The molecule has 9 heteroatoms. The molecule has 0 radical (unpaired) electrons. The summed E-state index contributed by atoms with van der Waals surface area (Å²) in [6.07, 6.45) is 0. The number of anilines is 2. The number of nitrogens with one attached hydrogen (secondary N) is 1. The molecule has 2 aromatic rings. The van der Waals surface area contributed by atoms with E-state index >= 15 is 0 Å². The molecule has 2 aliphatic heterocycles. The molecule has 9 nitrogen and oxygen atoms in total. The van der Waals surface area contributed by atoms with Gasteiger partial charge in [-0.3, -0.25) is 19.4 Å². The molecule has 0 unspecified atom stereocenters. The fraction of sp³-hybridized carbons (Fsp3) is 0.250. The second-order valence-corrected chi connectivity index (χ2v) is 6.82. The zero-order valence-corrected chi connectivity index (χ0v) is 15.9. The molecule has 2 atom stereocenters. The van der Waals surface area contributed by atoms with Crippen LogP contribution in [-0.2, 0) is 14.4 Å². The molecule has 1 N–H and O–H groups in total. The molecule has 0 aliphatic carbocycles. The summed E-state index contributed by atoms with van der Waals surface area (Å²) in [6, 6.07) is 12.1. The Morgan fingerprint density at radius 3 is 2.41 bits per heavy atom. The molecule has 4 rings (SSSR count). The lowest BCUT2D eigenvalue weighted by Gasteiger charge is -2.20. The number of amides is 3. The standard InChI is InChI=1S/C20H19N5O4/c1-12-3-5-13(6-4-12)21-16(26)11-24-18-17(22-23-24)19(27)25(20(18)28)14-7-9-15(29-2)10-8-14/h3-10,17-18H,11H2,1-2H3,(H,21,26)/t17-,18+/m0/s1. The number of aryl methyl sites for hydroxylation is 1. The molecule has 3 amide bonds. The van der Waals surface area contributed by atoms with Crippen molar-refractivity contribution >= 4 is 29.1 Å². The highest BCUT2D eigenvalue weighted by Gasteiger charge is 2.55. The number of imide groups is 1. The predicted octanol–water partition coefficient (Wildman–Crippen LogP) is 1.94. The van der Waals surface area contributed by atoms with E-state index in [-0.39, 0.29) is 12.5 Å². The summed E-state index contributed by atoms with van der Waals surface area (Å²) < 4.78 is 5.10. The van der Waals surface area contributed by atoms with E-state index in [0.29, 0.717) is 17.1 Å². The van der Waals surface area contributed by atoms with E-state index in [1.165, 1.54) is 12.1 Å². The number of benzene rings is 2. The molecule has 0 aromatic heterocycles. The lowest BCUT2D eigenvalue weighted by molar-refractivity contribution is -0.123. The summed E-state index contributed by atoms with van der Waals surface area (Å²) in [6.45, 7) is 1.77. The second kappa shape index (κ2) is 7.34. The Morgan fingerprint density at radius 1 is 1.07 bits per heavy atom. The van der Waals surface area contributed by atoms with Gasteiger partial charge < -0.3 is 10.1 Å². The first kappa shape index (κ1) is 18.6. The monoisotopic (exact) mass is 393 g/mol. The Labute approximate surface area is 166 Å². The van der Waals surface area contributed by atoms with Gasteiger partial charge in [0.05, 0.1) is 12.8 Å². The van der Waals surface area contributed by atoms with Gasteiger partial charge in [-0.15, -0.1) is 0 Å². The van der Waals surface area contributed by atoms with Crippen LogP contribution in [0.1, 0.15) is 5.56 Å². The number of hydrogen-bond acceptors (Lipinski definition) is 7. The van der Waals surface area contributed by atoms with Gasteiger partial charge in [-0.25, -0.2) is 4.90 Å². The molecule has 2 aromatic carbocycles. The van der Waals surface area contributed by atoms with Crippen molar-refractivity contribution in [3.63, 3.8) is 0 Å². The van der Waals surface area contributed by atoms with Crippen LogP contribution < -0.4 is 15.0 Å². The van der Waals surface area contributed by atoms with Crippen LogP contribution in [0.15, 0.2) is 58.9 Å². The summed E-state index contributed by atoms with van der Waals surface area (Å²) in [7, 11) is 1.53. The maximum atomic E-state index is 12.9. The molecule has 0 spiro atoms. The number of nitrogens with zero attached hydrogens (tertiary/aromatic N) is 4. The summed E-state index contributed by atoms with van der Waals surface area (Å²) in [4.78, 5) is 39.1. The number of fused-ring (bicyclic) bond motifs is 1. The van der Waals surface area contributed by atoms with Gasteiger partial charge in [0.15, 0.2) is 12.1 Å². The van der Waals surface area contributed by atoms with Crippen molar-refractivity contribution in [2.45, 2.75) is 19.0 Å². The van der Waals surface area contributed by atoms with Crippen LogP contribution in [0.25, 0.3) is 0 Å². The lowest BCUT2D eigenvalue weighted by atomic mass is 10.1. The van der Waals surface area contributed by atoms with Gasteiger partial charge in [0.25, 0.3) is 11.8 Å². The fourth-order valence-electron chi connectivity index (χ4n) is 3.32. The molecule has 0 bridgehead atoms. The van der Waals surface area contributed by atoms with Crippen LogP contribution in [0.3, 0.4) is 0 Å². The van der Waals surface area contributed by atoms with Crippen LogP contribution in [0.4, 0.5) is 11.4 Å². The number of methoxy groups -OCH3 is 1. The zero-order valence-electron chi connectivity index (χ0n) is 15.9. The third-order valence-electron chi connectivity index (χ3n) is 4.83. The number of carbonyl (C=O) groups excluding carboxylic acids is 3. The van der Waals surface area contributed by atoms with Gasteiger partial charge in [-0.1, -0.05) is 22.9 Å². The van der Waals surface area contributed by atoms with Crippen LogP contribution in [-0.4, -0.2) is 48.5 Å². The molecule has 1 fully saturated rings. The van der Waals surface area contributed by atoms with E-state index in [9.17, 15) is 14.4 Å². The Morgan fingerprint density at radius 2 is 1.76 bits per heavy atom. The topological polar surface area (TPSA) is 104 Å². The van der Waals surface area contributed by atoms with E-state index in [1.54, 1.807) is 36.4 Å².